The molecule has 0 N–H and O–H groups in total. The molecule has 0 spiro atoms. The van der Waals surface area contributed by atoms with Gasteiger partial charge in [-0.1, -0.05) is 103 Å². The van der Waals surface area contributed by atoms with Gasteiger partial charge in [0.2, 0.25) is 6.67 Å². The normalized spacial score (nSPS) is 14.4. The molecule has 0 aromatic carbocycles. The average molecular weight is 647 g/mol. The molecule has 262 valence electrons. The van der Waals surface area contributed by atoms with Crippen molar-refractivity contribution in [1.29, 1.82) is 0 Å². The number of aromatic nitrogens is 2. The summed E-state index contributed by atoms with van der Waals surface area (Å²) in [6.07, 6.45) is 31.0. The van der Waals surface area contributed by atoms with E-state index in [9.17, 15) is 9.90 Å². The number of carboxylic acids is 1. The first-order chi connectivity index (χ1) is 22.7. The van der Waals surface area contributed by atoms with E-state index in [4.69, 9.17) is 18.9 Å². The van der Waals surface area contributed by atoms with Crippen LogP contribution in [-0.4, -0.2) is 90.6 Å². The van der Waals surface area contributed by atoms with Crippen molar-refractivity contribution in [2.24, 2.45) is 0 Å². The molecule has 1 unspecified atom stereocenters. The van der Waals surface area contributed by atoms with Gasteiger partial charge in [-0.3, -0.25) is 0 Å². The summed E-state index contributed by atoms with van der Waals surface area (Å²) >= 11 is 0. The van der Waals surface area contributed by atoms with Gasteiger partial charge in [0.15, 0.2) is 6.20 Å². The van der Waals surface area contributed by atoms with Gasteiger partial charge in [0.1, 0.15) is 12.3 Å². The van der Waals surface area contributed by atoms with Gasteiger partial charge >= 0.3 is 6.01 Å². The van der Waals surface area contributed by atoms with Gasteiger partial charge in [0.05, 0.1) is 39.2 Å². The Morgan fingerprint density at radius 3 is 2.00 bits per heavy atom. The van der Waals surface area contributed by atoms with Crippen LogP contribution >= 0.6 is 0 Å². The second-order valence-electron chi connectivity index (χ2n) is 12.2. The van der Waals surface area contributed by atoms with E-state index in [1.807, 2.05) is 23.2 Å². The van der Waals surface area contributed by atoms with E-state index in [1.165, 1.54) is 96.3 Å². The highest BCUT2D eigenvalue weighted by Gasteiger charge is 2.15. The van der Waals surface area contributed by atoms with Gasteiger partial charge in [-0.05, 0) is 18.9 Å². The van der Waals surface area contributed by atoms with Crippen LogP contribution in [0.3, 0.4) is 0 Å². The SMILES string of the molecule is CCCCCCCCCCCCCCCCCCOCC(COCCOCCN1C=C[N+](=CCCC(=O)[O-])C1)Oc1ncccn1. The molecule has 2 rings (SSSR count). The Labute approximate surface area is 278 Å². The Bertz CT molecular complexity index is 917. The minimum Gasteiger partial charge on any atom is -0.550 e. The fourth-order valence-corrected chi connectivity index (χ4v) is 5.29. The highest BCUT2D eigenvalue weighted by molar-refractivity contribution is 5.68. The zero-order chi connectivity index (χ0) is 32.8. The third-order valence-corrected chi connectivity index (χ3v) is 7.98. The monoisotopic (exact) mass is 646 g/mol. The van der Waals surface area contributed by atoms with Crippen LogP contribution in [0.1, 0.15) is 122 Å². The number of carboxylic acid groups (broad SMARTS) is 1. The van der Waals surface area contributed by atoms with Crippen LogP contribution in [0.5, 0.6) is 6.01 Å². The smallest absolute Gasteiger partial charge is 0.316 e. The Balaban J connectivity index is 1.44. The first kappa shape index (κ1) is 39.6. The van der Waals surface area contributed by atoms with Gasteiger partial charge in [-0.2, -0.15) is 4.58 Å². The third kappa shape index (κ3) is 22.9. The largest absolute Gasteiger partial charge is 0.550 e. The highest BCUT2D eigenvalue weighted by Crippen LogP contribution is 2.14. The molecule has 1 aliphatic heterocycles. The maximum absolute atomic E-state index is 10.5. The topological polar surface area (TPSA) is 109 Å². The average Bonchev–Trinajstić information content (AvgIpc) is 3.51. The summed E-state index contributed by atoms with van der Waals surface area (Å²) in [5.74, 6) is -1.03. The number of hydrogen-bond donors (Lipinski definition) is 0. The highest BCUT2D eigenvalue weighted by atomic mass is 16.6. The molecule has 10 nitrogen and oxygen atoms in total. The molecule has 1 aromatic rings. The molecule has 0 saturated heterocycles. The Kier molecular flexibility index (Phi) is 24.7. The molecule has 46 heavy (non-hydrogen) atoms. The second-order valence-corrected chi connectivity index (χ2v) is 12.2. The van der Waals surface area contributed by atoms with Crippen LogP contribution in [0.4, 0.5) is 0 Å². The van der Waals surface area contributed by atoms with Gasteiger partial charge in [-0.15, -0.1) is 0 Å². The molecule has 0 amide bonds. The number of rotatable bonds is 32. The number of unbranched alkanes of at least 4 members (excludes halogenated alkanes) is 15. The predicted molar refractivity (Wildman–Crippen MR) is 180 cm³/mol. The lowest BCUT2D eigenvalue weighted by atomic mass is 10.0. The summed E-state index contributed by atoms with van der Waals surface area (Å²) in [5.41, 5.74) is 0. The first-order valence-electron chi connectivity index (χ1n) is 18.1. The Hall–Kier alpha value is -2.56. The van der Waals surface area contributed by atoms with Gasteiger partial charge in [0, 0.05) is 37.9 Å². The quantitative estimate of drug-likeness (QED) is 0.0699. The van der Waals surface area contributed by atoms with E-state index in [-0.39, 0.29) is 12.5 Å². The summed E-state index contributed by atoms with van der Waals surface area (Å²) in [4.78, 5) is 21.0. The lowest BCUT2D eigenvalue weighted by Gasteiger charge is -2.18. The van der Waals surface area contributed by atoms with Crippen molar-refractivity contribution in [2.75, 3.05) is 52.9 Å². The predicted octanol–water partition coefficient (Wildman–Crippen LogP) is 5.89. The molecule has 10 heteroatoms. The van der Waals surface area contributed by atoms with Gasteiger partial charge in [0.25, 0.3) is 0 Å². The van der Waals surface area contributed by atoms with Gasteiger partial charge < -0.3 is 33.7 Å². The van der Waals surface area contributed by atoms with E-state index in [0.717, 1.165) is 13.0 Å². The number of hydrogen-bond acceptors (Lipinski definition) is 9. The lowest BCUT2D eigenvalue weighted by molar-refractivity contribution is -0.460. The van der Waals surface area contributed by atoms with Crippen LogP contribution in [0, 0.1) is 0 Å². The molecule has 0 bridgehead atoms. The summed E-state index contributed by atoms with van der Waals surface area (Å²) in [5, 5.41) is 10.5. The van der Waals surface area contributed by atoms with E-state index < -0.39 is 5.97 Å². The minimum atomic E-state index is -1.03. The molecule has 1 aliphatic rings. The summed E-state index contributed by atoms with van der Waals surface area (Å²) in [6.45, 7) is 6.72. The van der Waals surface area contributed by atoms with Crippen LogP contribution < -0.4 is 9.84 Å². The number of ether oxygens (including phenoxy) is 4. The van der Waals surface area contributed by atoms with Crippen molar-refractivity contribution >= 4 is 12.2 Å². The van der Waals surface area contributed by atoms with Gasteiger partial charge in [-0.25, -0.2) is 9.97 Å². The second kappa shape index (κ2) is 28.6. The molecule has 1 aromatic heterocycles. The van der Waals surface area contributed by atoms with E-state index in [0.29, 0.717) is 58.7 Å². The number of aliphatic carboxylic acids is 1. The summed E-state index contributed by atoms with van der Waals surface area (Å²) in [7, 11) is 0. The van der Waals surface area contributed by atoms with E-state index in [1.54, 1.807) is 18.5 Å². The summed E-state index contributed by atoms with van der Waals surface area (Å²) < 4.78 is 25.4. The molecule has 2 heterocycles. The fourth-order valence-electron chi connectivity index (χ4n) is 5.29. The van der Waals surface area contributed by atoms with Crippen molar-refractivity contribution in [3.63, 3.8) is 0 Å². The zero-order valence-corrected chi connectivity index (χ0v) is 28.7. The van der Waals surface area contributed by atoms with E-state index >= 15 is 0 Å². The Morgan fingerprint density at radius 2 is 1.39 bits per heavy atom. The molecule has 0 radical (unpaired) electrons. The molecular weight excluding hydrogens is 584 g/mol. The first-order valence-corrected chi connectivity index (χ1v) is 18.1. The third-order valence-electron chi connectivity index (χ3n) is 7.98. The minimum absolute atomic E-state index is 0.0312. The van der Waals surface area contributed by atoms with Crippen LogP contribution in [0.25, 0.3) is 0 Å². The zero-order valence-electron chi connectivity index (χ0n) is 28.7. The molecule has 1 atom stereocenters. The standard InChI is InChI=1S/C36H62N4O6/c1-2-3-4-5-6-7-8-9-10-11-12-13-14-15-16-17-27-44-31-34(46-36-37-21-19-22-38-36)32-45-30-29-43-28-26-40-25-24-39(33-40)23-18-20-35(41)42/h19,21-25,34H,2-18,20,26-33H2,1H3. The maximum Gasteiger partial charge on any atom is 0.316 e. The van der Waals surface area contributed by atoms with Crippen LogP contribution in [0.2, 0.25) is 0 Å². The molecule has 0 aliphatic carbocycles. The van der Waals surface area contributed by atoms with Crippen LogP contribution in [-0.2, 0) is 19.0 Å². The molecule has 0 saturated carbocycles. The number of nitrogens with zero attached hydrogens (tertiary/aromatic N) is 4. The van der Waals surface area contributed by atoms with Crippen molar-refractivity contribution in [3.8, 4) is 6.01 Å². The van der Waals surface area contributed by atoms with Crippen molar-refractivity contribution in [2.45, 2.75) is 129 Å². The van der Waals surface area contributed by atoms with Crippen LogP contribution in [0.15, 0.2) is 30.9 Å². The van der Waals surface area contributed by atoms with Crippen molar-refractivity contribution in [3.05, 3.63) is 30.9 Å². The van der Waals surface area contributed by atoms with E-state index in [2.05, 4.69) is 21.8 Å². The lowest BCUT2D eigenvalue weighted by Crippen LogP contribution is -2.30. The van der Waals surface area contributed by atoms with Crippen molar-refractivity contribution in [1.82, 2.24) is 14.9 Å². The number of carbonyl (C=O) groups is 1. The number of carbonyl (C=O) groups excluding carboxylic acids is 1. The molecular formula is C36H62N4O6. The fraction of sp³-hybridized carbons (Fsp3) is 0.778. The summed E-state index contributed by atoms with van der Waals surface area (Å²) in [6, 6.07) is 2.08. The molecule has 0 fully saturated rings. The van der Waals surface area contributed by atoms with Crippen molar-refractivity contribution < 1.29 is 33.4 Å². The Morgan fingerprint density at radius 1 is 0.826 bits per heavy atom. The maximum atomic E-state index is 10.5.